The molecular formula is C31H41N7O3. The lowest BCUT2D eigenvalue weighted by Crippen LogP contribution is -2.48. The van der Waals surface area contributed by atoms with Gasteiger partial charge in [-0.15, -0.1) is 0 Å². The second-order valence-corrected chi connectivity index (χ2v) is 10.3. The van der Waals surface area contributed by atoms with Crippen molar-refractivity contribution in [1.29, 1.82) is 5.41 Å². The van der Waals surface area contributed by atoms with Crippen LogP contribution in [0.1, 0.15) is 64.3 Å². The molecule has 1 fully saturated rings. The summed E-state index contributed by atoms with van der Waals surface area (Å²) < 4.78 is 0. The normalized spacial score (nSPS) is 16.0. The van der Waals surface area contributed by atoms with Crippen molar-refractivity contribution in [3.05, 3.63) is 66.0 Å². The molecule has 1 aliphatic heterocycles. The number of aromatic nitrogens is 2. The van der Waals surface area contributed by atoms with E-state index in [1.165, 1.54) is 6.92 Å². The molecule has 0 aliphatic carbocycles. The Kier molecular flexibility index (Phi) is 11.3. The number of allylic oxidation sites excluding steroid dienone is 3. The van der Waals surface area contributed by atoms with E-state index in [1.807, 2.05) is 12.1 Å². The highest BCUT2D eigenvalue weighted by molar-refractivity contribution is 6.45. The average molecular weight is 560 g/mol. The number of amides is 2. The average Bonchev–Trinajstić information content (AvgIpc) is 3.46. The van der Waals surface area contributed by atoms with Crippen LogP contribution >= 0.6 is 0 Å². The van der Waals surface area contributed by atoms with Crippen LogP contribution in [0.15, 0.2) is 54.6 Å². The van der Waals surface area contributed by atoms with E-state index in [2.05, 4.69) is 40.5 Å². The van der Waals surface area contributed by atoms with Gasteiger partial charge in [0.05, 0.1) is 6.54 Å². The zero-order valence-corrected chi connectivity index (χ0v) is 24.4. The first-order valence-electron chi connectivity index (χ1n) is 14.2. The highest BCUT2D eigenvalue weighted by Gasteiger charge is 2.34. The SMILES string of the molecule is CCCC(/C=C\C=C(/N)NC(=O)C1CCCN1C(=O)CNc1ccc(-c2cnc(C)nc2)cc1C(=N)C(C)=O)CC. The van der Waals surface area contributed by atoms with Crippen LogP contribution in [0.25, 0.3) is 11.1 Å². The highest BCUT2D eigenvalue weighted by Crippen LogP contribution is 2.26. The summed E-state index contributed by atoms with van der Waals surface area (Å²) >= 11 is 0. The molecule has 0 bridgehead atoms. The topological polar surface area (TPSA) is 154 Å². The summed E-state index contributed by atoms with van der Waals surface area (Å²) in [5.74, 6) is 0.376. The summed E-state index contributed by atoms with van der Waals surface area (Å²) in [5, 5.41) is 14.1. The number of hydrogen-bond donors (Lipinski definition) is 4. The largest absolute Gasteiger partial charge is 0.385 e. The van der Waals surface area contributed by atoms with Gasteiger partial charge in [-0.2, -0.15) is 0 Å². The van der Waals surface area contributed by atoms with Crippen LogP contribution in [0.2, 0.25) is 0 Å². The molecule has 2 heterocycles. The predicted molar refractivity (Wildman–Crippen MR) is 161 cm³/mol. The number of rotatable bonds is 13. The fourth-order valence-corrected chi connectivity index (χ4v) is 4.82. The van der Waals surface area contributed by atoms with Crippen molar-refractivity contribution in [2.75, 3.05) is 18.4 Å². The molecule has 2 atom stereocenters. The third-order valence-electron chi connectivity index (χ3n) is 7.17. The molecule has 2 unspecified atom stereocenters. The van der Waals surface area contributed by atoms with Crippen molar-refractivity contribution in [2.24, 2.45) is 11.7 Å². The van der Waals surface area contributed by atoms with E-state index >= 15 is 0 Å². The summed E-state index contributed by atoms with van der Waals surface area (Å²) in [7, 11) is 0. The highest BCUT2D eigenvalue weighted by atomic mass is 16.2. The van der Waals surface area contributed by atoms with Gasteiger partial charge in [-0.25, -0.2) is 9.97 Å². The number of nitrogens with zero attached hydrogens (tertiary/aromatic N) is 3. The van der Waals surface area contributed by atoms with Gasteiger partial charge in [0.1, 0.15) is 23.4 Å². The molecule has 1 aromatic carbocycles. The van der Waals surface area contributed by atoms with Gasteiger partial charge in [-0.3, -0.25) is 19.8 Å². The van der Waals surface area contributed by atoms with Crippen LogP contribution < -0.4 is 16.4 Å². The molecule has 1 aromatic heterocycles. The Hall–Kier alpha value is -4.34. The van der Waals surface area contributed by atoms with Gasteiger partial charge in [0.25, 0.3) is 0 Å². The quantitative estimate of drug-likeness (QED) is 0.213. The number of carbonyl (C=O) groups is 3. The zero-order chi connectivity index (χ0) is 29.9. The molecule has 2 aromatic rings. The van der Waals surface area contributed by atoms with Crippen LogP contribution in [0.5, 0.6) is 0 Å². The Labute approximate surface area is 242 Å². The van der Waals surface area contributed by atoms with Gasteiger partial charge in [0.15, 0.2) is 5.78 Å². The fraction of sp³-hybridized carbons (Fsp3) is 0.419. The van der Waals surface area contributed by atoms with E-state index in [1.54, 1.807) is 42.4 Å². The lowest BCUT2D eigenvalue weighted by Gasteiger charge is -2.24. The predicted octanol–water partition coefficient (Wildman–Crippen LogP) is 4.11. The summed E-state index contributed by atoms with van der Waals surface area (Å²) in [6.07, 6.45) is 13.5. The summed E-state index contributed by atoms with van der Waals surface area (Å²) in [5.41, 5.74) is 8.20. The van der Waals surface area contributed by atoms with Crippen molar-refractivity contribution in [3.8, 4) is 11.1 Å². The van der Waals surface area contributed by atoms with Crippen molar-refractivity contribution in [1.82, 2.24) is 20.2 Å². The maximum atomic E-state index is 13.2. The van der Waals surface area contributed by atoms with Gasteiger partial charge in [0, 0.05) is 42.7 Å². The first-order chi connectivity index (χ1) is 19.6. The van der Waals surface area contributed by atoms with Crippen LogP contribution in [0.3, 0.4) is 0 Å². The molecule has 218 valence electrons. The van der Waals surface area contributed by atoms with Gasteiger partial charge >= 0.3 is 0 Å². The number of likely N-dealkylation sites (tertiary alicyclic amines) is 1. The lowest BCUT2D eigenvalue weighted by molar-refractivity contribution is -0.136. The Morgan fingerprint density at radius 1 is 1.20 bits per heavy atom. The first kappa shape index (κ1) is 31.2. The second kappa shape index (κ2) is 14.9. The van der Waals surface area contributed by atoms with Gasteiger partial charge in [-0.1, -0.05) is 38.5 Å². The monoisotopic (exact) mass is 559 g/mol. The number of benzene rings is 1. The molecule has 41 heavy (non-hydrogen) atoms. The molecule has 3 rings (SSSR count). The van der Waals surface area contributed by atoms with E-state index in [-0.39, 0.29) is 29.9 Å². The molecule has 1 saturated heterocycles. The third kappa shape index (κ3) is 8.57. The smallest absolute Gasteiger partial charge is 0.248 e. The van der Waals surface area contributed by atoms with E-state index < -0.39 is 11.8 Å². The molecule has 10 heteroatoms. The fourth-order valence-electron chi connectivity index (χ4n) is 4.82. The second-order valence-electron chi connectivity index (χ2n) is 10.3. The van der Waals surface area contributed by atoms with Crippen LogP contribution in [-0.4, -0.2) is 57.3 Å². The van der Waals surface area contributed by atoms with Crippen molar-refractivity contribution in [3.63, 3.8) is 0 Å². The number of anilines is 1. The number of nitrogens with one attached hydrogen (secondary N) is 3. The minimum absolute atomic E-state index is 0.0984. The first-order valence-corrected chi connectivity index (χ1v) is 14.2. The lowest BCUT2D eigenvalue weighted by atomic mass is 9.99. The molecule has 0 saturated carbocycles. The van der Waals surface area contributed by atoms with Crippen molar-refractivity contribution >= 4 is 29.0 Å². The molecule has 5 N–H and O–H groups in total. The zero-order valence-electron chi connectivity index (χ0n) is 24.4. The summed E-state index contributed by atoms with van der Waals surface area (Å²) in [4.78, 5) is 48.2. The maximum Gasteiger partial charge on any atom is 0.248 e. The van der Waals surface area contributed by atoms with E-state index in [0.29, 0.717) is 42.4 Å². The number of aryl methyl sites for hydroxylation is 1. The minimum atomic E-state index is -0.623. The Balaban J connectivity index is 1.68. The Morgan fingerprint density at radius 3 is 2.59 bits per heavy atom. The van der Waals surface area contributed by atoms with Crippen molar-refractivity contribution in [2.45, 2.75) is 65.8 Å². The maximum absolute atomic E-state index is 13.2. The van der Waals surface area contributed by atoms with Crippen LogP contribution in [-0.2, 0) is 14.4 Å². The number of carbonyl (C=O) groups excluding carboxylic acids is 3. The molecule has 0 spiro atoms. The summed E-state index contributed by atoms with van der Waals surface area (Å²) in [6.45, 7) is 7.77. The molecule has 0 radical (unpaired) electrons. The van der Waals surface area contributed by atoms with Crippen LogP contribution in [0, 0.1) is 18.3 Å². The van der Waals surface area contributed by atoms with E-state index in [4.69, 9.17) is 11.1 Å². The number of hydrogen-bond acceptors (Lipinski definition) is 8. The Morgan fingerprint density at radius 2 is 1.93 bits per heavy atom. The molecular weight excluding hydrogens is 518 g/mol. The van der Waals surface area contributed by atoms with Gasteiger partial charge < -0.3 is 21.3 Å². The number of Topliss-reactive ketones (excluding diaryl/α,β-unsaturated/α-hetero) is 1. The standard InChI is InChI=1S/C31H41N7O3/c1-5-9-22(6-2)10-7-12-28(32)37-31(41)27-11-8-15-38(27)29(40)19-36-26-14-13-23(16-25(26)30(33)20(3)39)24-17-34-21(4)35-18-24/h7,10,12-14,16-18,22,27,33,36H,5-6,8-9,11,15,19,32H2,1-4H3,(H,37,41)/b10-7-,28-12+,33-30?. The third-order valence-corrected chi connectivity index (χ3v) is 7.17. The minimum Gasteiger partial charge on any atom is -0.385 e. The molecule has 2 amide bonds. The van der Waals surface area contributed by atoms with Gasteiger partial charge in [0.2, 0.25) is 11.8 Å². The van der Waals surface area contributed by atoms with E-state index in [0.717, 1.165) is 30.4 Å². The Bertz CT molecular complexity index is 1320. The molecule has 10 nitrogen and oxygen atoms in total. The van der Waals surface area contributed by atoms with Crippen molar-refractivity contribution < 1.29 is 14.4 Å². The molecule has 1 aliphatic rings. The van der Waals surface area contributed by atoms with Crippen LogP contribution in [0.4, 0.5) is 5.69 Å². The van der Waals surface area contributed by atoms with E-state index in [9.17, 15) is 14.4 Å². The number of ketones is 1. The van der Waals surface area contributed by atoms with Gasteiger partial charge in [-0.05, 0) is 62.3 Å². The summed E-state index contributed by atoms with van der Waals surface area (Å²) in [6, 6.07) is 4.64. The number of nitrogens with two attached hydrogens (primary N) is 1.